The molecule has 0 heterocycles. The molecule has 1 atom stereocenters. The first-order valence-corrected chi connectivity index (χ1v) is 8.95. The molecule has 1 heteroatoms. The summed E-state index contributed by atoms with van der Waals surface area (Å²) in [4.78, 5) is 0. The van der Waals surface area contributed by atoms with Crippen LogP contribution in [0.4, 0.5) is 0 Å². The van der Waals surface area contributed by atoms with E-state index < -0.39 is 0 Å². The molecule has 0 aliphatic heterocycles. The molecule has 1 rings (SSSR count). The highest BCUT2D eigenvalue weighted by molar-refractivity contribution is 4.71. The van der Waals surface area contributed by atoms with Crippen LogP contribution in [0.3, 0.4) is 0 Å². The molecular weight excluding hydrogens is 230 g/mol. The van der Waals surface area contributed by atoms with Crippen molar-refractivity contribution in [2.45, 2.75) is 97.4 Å². The van der Waals surface area contributed by atoms with E-state index in [9.17, 15) is 0 Å². The van der Waals surface area contributed by atoms with E-state index in [2.05, 4.69) is 26.1 Å². The topological polar surface area (TPSA) is 12.0 Å². The van der Waals surface area contributed by atoms with E-state index in [1.165, 1.54) is 77.2 Å². The standard InChI is InChI=1S/C18H37N/c1-4-5-6-7-8-9-17(3)19-15-14-18-12-10-16(2)11-13-18/h16-19H,4-15H2,1-3H3. The number of hydrogen-bond donors (Lipinski definition) is 1. The van der Waals surface area contributed by atoms with Gasteiger partial charge < -0.3 is 5.32 Å². The van der Waals surface area contributed by atoms with Gasteiger partial charge in [-0.2, -0.15) is 0 Å². The van der Waals surface area contributed by atoms with Crippen molar-refractivity contribution < 1.29 is 0 Å². The van der Waals surface area contributed by atoms with Crippen LogP contribution in [-0.2, 0) is 0 Å². The van der Waals surface area contributed by atoms with Crippen molar-refractivity contribution in [2.75, 3.05) is 6.54 Å². The summed E-state index contributed by atoms with van der Waals surface area (Å²) in [5, 5.41) is 3.73. The first kappa shape index (κ1) is 17.0. The molecule has 1 saturated carbocycles. The van der Waals surface area contributed by atoms with Crippen LogP contribution in [-0.4, -0.2) is 12.6 Å². The lowest BCUT2D eigenvalue weighted by molar-refractivity contribution is 0.272. The van der Waals surface area contributed by atoms with Gasteiger partial charge in [0.1, 0.15) is 0 Å². The number of hydrogen-bond acceptors (Lipinski definition) is 1. The number of unbranched alkanes of at least 4 members (excludes halogenated alkanes) is 4. The summed E-state index contributed by atoms with van der Waals surface area (Å²) in [6, 6.07) is 0.726. The minimum absolute atomic E-state index is 0.726. The average Bonchev–Trinajstić information content (AvgIpc) is 2.41. The zero-order chi connectivity index (χ0) is 13.9. The maximum absolute atomic E-state index is 3.73. The molecule has 0 saturated heterocycles. The highest BCUT2D eigenvalue weighted by Crippen LogP contribution is 2.29. The van der Waals surface area contributed by atoms with Crippen LogP contribution in [0.2, 0.25) is 0 Å². The van der Waals surface area contributed by atoms with E-state index in [0.717, 1.165) is 17.9 Å². The molecule has 1 aliphatic carbocycles. The average molecular weight is 268 g/mol. The Bertz CT molecular complexity index is 194. The predicted octanol–water partition coefficient (Wildman–Crippen LogP) is 5.54. The Morgan fingerprint density at radius 1 is 1.00 bits per heavy atom. The molecule has 114 valence electrons. The second kappa shape index (κ2) is 10.7. The van der Waals surface area contributed by atoms with Crippen LogP contribution >= 0.6 is 0 Å². The van der Waals surface area contributed by atoms with E-state index in [0.29, 0.717) is 0 Å². The van der Waals surface area contributed by atoms with Gasteiger partial charge in [-0.1, -0.05) is 71.6 Å². The molecule has 19 heavy (non-hydrogen) atoms. The number of nitrogens with one attached hydrogen (secondary N) is 1. The van der Waals surface area contributed by atoms with Gasteiger partial charge in [0.25, 0.3) is 0 Å². The van der Waals surface area contributed by atoms with Crippen LogP contribution in [0.25, 0.3) is 0 Å². The molecule has 1 fully saturated rings. The smallest absolute Gasteiger partial charge is 0.00387 e. The van der Waals surface area contributed by atoms with Gasteiger partial charge >= 0.3 is 0 Å². The summed E-state index contributed by atoms with van der Waals surface area (Å²) in [7, 11) is 0. The lowest BCUT2D eigenvalue weighted by atomic mass is 9.81. The van der Waals surface area contributed by atoms with Gasteiger partial charge in [-0.25, -0.2) is 0 Å². The van der Waals surface area contributed by atoms with Crippen LogP contribution in [0.1, 0.15) is 91.4 Å². The molecular formula is C18H37N. The van der Waals surface area contributed by atoms with Gasteiger partial charge in [0, 0.05) is 6.04 Å². The third kappa shape index (κ3) is 8.68. The minimum atomic E-state index is 0.726. The predicted molar refractivity (Wildman–Crippen MR) is 86.6 cm³/mol. The monoisotopic (exact) mass is 267 g/mol. The molecule has 0 aromatic rings. The van der Waals surface area contributed by atoms with Crippen molar-refractivity contribution in [3.05, 3.63) is 0 Å². The SMILES string of the molecule is CCCCCCCC(C)NCCC1CCC(C)CC1. The summed E-state index contributed by atoms with van der Waals surface area (Å²) in [6.45, 7) is 8.31. The Hall–Kier alpha value is -0.0400. The number of rotatable bonds is 10. The molecule has 0 aromatic carbocycles. The van der Waals surface area contributed by atoms with Crippen molar-refractivity contribution in [1.82, 2.24) is 5.32 Å². The summed E-state index contributed by atoms with van der Waals surface area (Å²) in [6.07, 6.45) is 15.7. The van der Waals surface area contributed by atoms with Gasteiger partial charge in [-0.15, -0.1) is 0 Å². The van der Waals surface area contributed by atoms with Crippen molar-refractivity contribution in [3.8, 4) is 0 Å². The lowest BCUT2D eigenvalue weighted by Gasteiger charge is -2.26. The van der Waals surface area contributed by atoms with Gasteiger partial charge in [0.15, 0.2) is 0 Å². The Kier molecular flexibility index (Phi) is 9.59. The molecule has 0 amide bonds. The summed E-state index contributed by atoms with van der Waals surface area (Å²) in [5.41, 5.74) is 0. The summed E-state index contributed by atoms with van der Waals surface area (Å²) < 4.78 is 0. The van der Waals surface area contributed by atoms with E-state index in [1.807, 2.05) is 0 Å². The molecule has 1 nitrogen and oxygen atoms in total. The first-order chi connectivity index (χ1) is 9.22. The van der Waals surface area contributed by atoms with E-state index in [4.69, 9.17) is 0 Å². The van der Waals surface area contributed by atoms with E-state index in [1.54, 1.807) is 0 Å². The zero-order valence-corrected chi connectivity index (χ0v) is 13.7. The fourth-order valence-electron chi connectivity index (χ4n) is 3.31. The third-order valence-corrected chi connectivity index (χ3v) is 4.92. The van der Waals surface area contributed by atoms with Crippen molar-refractivity contribution in [2.24, 2.45) is 11.8 Å². The van der Waals surface area contributed by atoms with Crippen LogP contribution in [0.5, 0.6) is 0 Å². The van der Waals surface area contributed by atoms with Crippen molar-refractivity contribution >= 4 is 0 Å². The highest BCUT2D eigenvalue weighted by Gasteiger charge is 2.17. The van der Waals surface area contributed by atoms with Gasteiger partial charge in [-0.05, 0) is 38.1 Å². The molecule has 1 aliphatic rings. The summed E-state index contributed by atoms with van der Waals surface area (Å²) in [5.74, 6) is 2.01. The van der Waals surface area contributed by atoms with Crippen LogP contribution in [0.15, 0.2) is 0 Å². The van der Waals surface area contributed by atoms with Crippen molar-refractivity contribution in [3.63, 3.8) is 0 Å². The molecule has 0 bridgehead atoms. The quantitative estimate of drug-likeness (QED) is 0.512. The highest BCUT2D eigenvalue weighted by atomic mass is 14.9. The molecule has 1 N–H and O–H groups in total. The van der Waals surface area contributed by atoms with E-state index >= 15 is 0 Å². The van der Waals surface area contributed by atoms with Crippen molar-refractivity contribution in [1.29, 1.82) is 0 Å². The third-order valence-electron chi connectivity index (χ3n) is 4.92. The Morgan fingerprint density at radius 3 is 2.37 bits per heavy atom. The second-order valence-electron chi connectivity index (χ2n) is 6.97. The van der Waals surface area contributed by atoms with Gasteiger partial charge in [0.2, 0.25) is 0 Å². The largest absolute Gasteiger partial charge is 0.314 e. The lowest BCUT2D eigenvalue weighted by Crippen LogP contribution is -2.28. The maximum Gasteiger partial charge on any atom is 0.00387 e. The molecule has 0 aromatic heterocycles. The summed E-state index contributed by atoms with van der Waals surface area (Å²) >= 11 is 0. The molecule has 1 unspecified atom stereocenters. The van der Waals surface area contributed by atoms with E-state index in [-0.39, 0.29) is 0 Å². The van der Waals surface area contributed by atoms with Crippen LogP contribution in [0, 0.1) is 11.8 Å². The fraction of sp³-hybridized carbons (Fsp3) is 1.00. The Morgan fingerprint density at radius 2 is 1.68 bits per heavy atom. The van der Waals surface area contributed by atoms with Crippen LogP contribution < -0.4 is 5.32 Å². The normalized spacial score (nSPS) is 25.4. The first-order valence-electron chi connectivity index (χ1n) is 8.95. The second-order valence-corrected chi connectivity index (χ2v) is 6.97. The Balaban J connectivity index is 1.90. The Labute approximate surface area is 121 Å². The zero-order valence-electron chi connectivity index (χ0n) is 13.7. The molecule has 0 spiro atoms. The minimum Gasteiger partial charge on any atom is -0.314 e. The molecule has 0 radical (unpaired) electrons. The fourth-order valence-corrected chi connectivity index (χ4v) is 3.31. The maximum atomic E-state index is 3.73. The van der Waals surface area contributed by atoms with Gasteiger partial charge in [-0.3, -0.25) is 0 Å². The van der Waals surface area contributed by atoms with Gasteiger partial charge in [0.05, 0.1) is 0 Å².